The summed E-state index contributed by atoms with van der Waals surface area (Å²) in [7, 11) is 0. The zero-order valence-corrected chi connectivity index (χ0v) is 12.5. The molecule has 88 valence electrons. The molecule has 2 aromatic rings. The van der Waals surface area contributed by atoms with Crippen LogP contribution in [0.5, 0.6) is 0 Å². The van der Waals surface area contributed by atoms with Gasteiger partial charge in [0.25, 0.3) is 0 Å². The monoisotopic (exact) mass is 380 g/mol. The molecule has 0 radical (unpaired) electrons. The number of carbonyl (C=O) groups is 1. The molecule has 0 amide bonds. The summed E-state index contributed by atoms with van der Waals surface area (Å²) >= 11 is 9.53. The van der Waals surface area contributed by atoms with Gasteiger partial charge >= 0.3 is 0 Å². The predicted molar refractivity (Wildman–Crippen MR) is 76.6 cm³/mol. The van der Waals surface area contributed by atoms with Crippen molar-refractivity contribution in [2.24, 2.45) is 0 Å². The lowest BCUT2D eigenvalue weighted by Gasteiger charge is -2.04. The highest BCUT2D eigenvalue weighted by Gasteiger charge is 2.16. The van der Waals surface area contributed by atoms with Gasteiger partial charge in [-0.15, -0.1) is 11.3 Å². The van der Waals surface area contributed by atoms with E-state index >= 15 is 0 Å². The summed E-state index contributed by atoms with van der Waals surface area (Å²) in [5.74, 6) is -0.566. The molecule has 0 saturated carbocycles. The molecule has 0 spiro atoms. The van der Waals surface area contributed by atoms with Crippen LogP contribution in [0.15, 0.2) is 23.6 Å². The summed E-state index contributed by atoms with van der Waals surface area (Å²) in [6, 6.07) is 4.47. The average Bonchev–Trinajstić information content (AvgIpc) is 2.69. The van der Waals surface area contributed by atoms with Gasteiger partial charge in [0.15, 0.2) is 5.78 Å². The number of rotatable bonds is 2. The van der Waals surface area contributed by atoms with E-state index in [4.69, 9.17) is 11.6 Å². The molecule has 0 atom stereocenters. The first-order valence-electron chi connectivity index (χ1n) is 4.73. The number of thiophene rings is 1. The van der Waals surface area contributed by atoms with Crippen LogP contribution in [0.4, 0.5) is 4.39 Å². The quantitative estimate of drug-likeness (QED) is 0.546. The topological polar surface area (TPSA) is 17.1 Å². The predicted octanol–water partition coefficient (Wildman–Crippen LogP) is 4.68. The summed E-state index contributed by atoms with van der Waals surface area (Å²) in [6.45, 7) is 1.61. The normalized spacial score (nSPS) is 10.6. The Morgan fingerprint density at radius 2 is 2.12 bits per heavy atom. The van der Waals surface area contributed by atoms with Crippen molar-refractivity contribution in [3.05, 3.63) is 54.0 Å². The third-order valence-corrected chi connectivity index (χ3v) is 4.42. The van der Waals surface area contributed by atoms with Crippen LogP contribution in [0.1, 0.15) is 21.5 Å². The summed E-state index contributed by atoms with van der Waals surface area (Å²) in [6.07, 6.45) is 0. The molecule has 1 heterocycles. The van der Waals surface area contributed by atoms with E-state index in [1.165, 1.54) is 23.5 Å². The maximum Gasteiger partial charge on any atom is 0.195 e. The Hall–Kier alpha value is -0.460. The van der Waals surface area contributed by atoms with Gasteiger partial charge in [-0.1, -0.05) is 11.6 Å². The van der Waals surface area contributed by atoms with Crippen LogP contribution < -0.4 is 0 Å². The van der Waals surface area contributed by atoms with Crippen molar-refractivity contribution in [3.8, 4) is 0 Å². The van der Waals surface area contributed by atoms with Gasteiger partial charge in [0.1, 0.15) is 5.82 Å². The lowest BCUT2D eigenvalue weighted by molar-refractivity contribution is 0.103. The molecule has 0 aliphatic carbocycles. The van der Waals surface area contributed by atoms with Gasteiger partial charge in [0.2, 0.25) is 0 Å². The fourth-order valence-corrected chi connectivity index (χ4v) is 2.98. The highest BCUT2D eigenvalue weighted by Crippen LogP contribution is 2.25. The Labute approximate surface area is 121 Å². The molecule has 0 aliphatic heterocycles. The number of benzene rings is 1. The molecule has 0 fully saturated rings. The molecule has 0 saturated heterocycles. The van der Waals surface area contributed by atoms with Gasteiger partial charge in [-0.25, -0.2) is 4.39 Å². The van der Waals surface area contributed by atoms with E-state index < -0.39 is 5.82 Å². The van der Waals surface area contributed by atoms with Crippen LogP contribution in [0, 0.1) is 15.6 Å². The fourth-order valence-electron chi connectivity index (χ4n) is 1.42. The van der Waals surface area contributed by atoms with E-state index in [1.54, 1.807) is 18.4 Å². The zero-order valence-electron chi connectivity index (χ0n) is 8.76. The van der Waals surface area contributed by atoms with Crippen molar-refractivity contribution in [2.75, 3.05) is 0 Å². The van der Waals surface area contributed by atoms with Crippen LogP contribution in [0.2, 0.25) is 5.02 Å². The Bertz CT molecular complexity index is 594. The molecule has 0 unspecified atom stereocenters. The summed E-state index contributed by atoms with van der Waals surface area (Å²) in [4.78, 5) is 12.1. The number of hydrogen-bond donors (Lipinski definition) is 0. The van der Waals surface area contributed by atoms with E-state index in [0.717, 1.165) is 2.88 Å². The Balaban J connectivity index is 2.47. The first kappa shape index (κ1) is 13.0. The van der Waals surface area contributed by atoms with Crippen LogP contribution in [0.25, 0.3) is 0 Å². The minimum absolute atomic E-state index is 0.152. The number of ketones is 1. The second-order valence-electron chi connectivity index (χ2n) is 3.55. The average molecular weight is 381 g/mol. The molecular weight excluding hydrogens is 374 g/mol. The van der Waals surface area contributed by atoms with Crippen molar-refractivity contribution in [3.63, 3.8) is 0 Å². The van der Waals surface area contributed by atoms with E-state index in [2.05, 4.69) is 22.6 Å². The standard InChI is InChI=1S/C12H7ClFIOS/c1-6-2-8(9(13)4-10(6)14)12(16)7-3-11(15)17-5-7/h2-5H,1H3. The SMILES string of the molecule is Cc1cc(C(=O)c2csc(I)c2)c(Cl)cc1F. The lowest BCUT2D eigenvalue weighted by Crippen LogP contribution is -2.02. The van der Waals surface area contributed by atoms with Gasteiger partial charge in [-0.05, 0) is 53.3 Å². The van der Waals surface area contributed by atoms with E-state index in [-0.39, 0.29) is 10.8 Å². The van der Waals surface area contributed by atoms with Crippen molar-refractivity contribution in [1.82, 2.24) is 0 Å². The molecular formula is C12H7ClFIOS. The van der Waals surface area contributed by atoms with Gasteiger partial charge in [-0.3, -0.25) is 4.79 Å². The van der Waals surface area contributed by atoms with E-state index in [0.29, 0.717) is 16.7 Å². The molecule has 0 N–H and O–H groups in total. The molecule has 0 bridgehead atoms. The third kappa shape index (κ3) is 2.69. The summed E-state index contributed by atoms with van der Waals surface area (Å²) in [5.41, 5.74) is 1.36. The van der Waals surface area contributed by atoms with Crippen molar-refractivity contribution in [2.45, 2.75) is 6.92 Å². The first-order chi connectivity index (χ1) is 7.99. The molecule has 0 aliphatic rings. The first-order valence-corrected chi connectivity index (χ1v) is 7.07. The molecule has 2 rings (SSSR count). The summed E-state index contributed by atoms with van der Waals surface area (Å²) in [5, 5.41) is 1.93. The van der Waals surface area contributed by atoms with E-state index in [1.807, 2.05) is 0 Å². The number of hydrogen-bond acceptors (Lipinski definition) is 2. The minimum Gasteiger partial charge on any atom is -0.289 e. The largest absolute Gasteiger partial charge is 0.289 e. The minimum atomic E-state index is -0.397. The van der Waals surface area contributed by atoms with Crippen LogP contribution in [0.3, 0.4) is 0 Å². The number of halogens is 3. The highest BCUT2D eigenvalue weighted by atomic mass is 127. The van der Waals surface area contributed by atoms with Gasteiger partial charge in [-0.2, -0.15) is 0 Å². The molecule has 5 heteroatoms. The maximum atomic E-state index is 13.2. The highest BCUT2D eigenvalue weighted by molar-refractivity contribution is 14.1. The van der Waals surface area contributed by atoms with Crippen molar-refractivity contribution >= 4 is 51.3 Å². The number of carbonyl (C=O) groups excluding carboxylic acids is 1. The van der Waals surface area contributed by atoms with Gasteiger partial charge in [0.05, 0.1) is 7.91 Å². The Morgan fingerprint density at radius 3 is 2.71 bits per heavy atom. The van der Waals surface area contributed by atoms with Crippen molar-refractivity contribution < 1.29 is 9.18 Å². The molecule has 1 aromatic heterocycles. The smallest absolute Gasteiger partial charge is 0.195 e. The Morgan fingerprint density at radius 1 is 1.41 bits per heavy atom. The number of aryl methyl sites for hydroxylation is 1. The van der Waals surface area contributed by atoms with Gasteiger partial charge < -0.3 is 0 Å². The molecule has 17 heavy (non-hydrogen) atoms. The maximum absolute atomic E-state index is 13.2. The van der Waals surface area contributed by atoms with E-state index in [9.17, 15) is 9.18 Å². The van der Waals surface area contributed by atoms with Crippen LogP contribution >= 0.6 is 45.5 Å². The van der Waals surface area contributed by atoms with Gasteiger partial charge in [0, 0.05) is 16.5 Å². The zero-order chi connectivity index (χ0) is 12.6. The molecule has 1 aromatic carbocycles. The van der Waals surface area contributed by atoms with Crippen LogP contribution in [-0.2, 0) is 0 Å². The third-order valence-electron chi connectivity index (χ3n) is 2.32. The van der Waals surface area contributed by atoms with Crippen LogP contribution in [-0.4, -0.2) is 5.78 Å². The second kappa shape index (κ2) is 5.04. The second-order valence-corrected chi connectivity index (χ2v) is 6.76. The Kier molecular flexibility index (Phi) is 3.85. The van der Waals surface area contributed by atoms with Crippen molar-refractivity contribution in [1.29, 1.82) is 0 Å². The summed E-state index contributed by atoms with van der Waals surface area (Å²) < 4.78 is 14.3. The lowest BCUT2D eigenvalue weighted by atomic mass is 10.0. The molecule has 1 nitrogen and oxygen atoms in total. The fraction of sp³-hybridized carbons (Fsp3) is 0.0833.